The van der Waals surface area contributed by atoms with Crippen LogP contribution in [0.5, 0.6) is 0 Å². The molecule has 0 aromatic rings. The molecule has 2 unspecified atom stereocenters. The average molecular weight is 258 g/mol. The topological polar surface area (TPSA) is 61.4 Å². The minimum atomic E-state index is -3.27. The molecule has 15 heavy (non-hydrogen) atoms. The maximum atomic E-state index is 11.7. The van der Waals surface area contributed by atoms with Crippen LogP contribution in [-0.4, -0.2) is 44.4 Å². The molecule has 0 spiro atoms. The average Bonchev–Trinajstić information content (AvgIpc) is 2.09. The molecule has 2 N–H and O–H groups in total. The zero-order valence-corrected chi connectivity index (χ0v) is 11.0. The van der Waals surface area contributed by atoms with E-state index in [2.05, 4.69) is 10.0 Å². The van der Waals surface area contributed by atoms with Gasteiger partial charge >= 0.3 is 0 Å². The quantitative estimate of drug-likeness (QED) is 0.745. The molecule has 0 aromatic heterocycles. The van der Waals surface area contributed by atoms with Crippen LogP contribution in [0, 0.1) is 0 Å². The number of nitrogens with zero attached hydrogens (tertiary/aromatic N) is 1. The fraction of sp³-hybridized carbons (Fsp3) is 1.00. The number of nitrogens with one attached hydrogen (secondary N) is 2. The minimum Gasteiger partial charge on any atom is -0.311 e. The first-order valence-electron chi connectivity index (χ1n) is 4.97. The summed E-state index contributed by atoms with van der Waals surface area (Å²) >= 11 is 0. The second kappa shape index (κ2) is 6.00. The van der Waals surface area contributed by atoms with Crippen LogP contribution in [0.3, 0.4) is 0 Å². The second-order valence-corrected chi connectivity index (χ2v) is 5.44. The third kappa shape index (κ3) is 3.88. The zero-order chi connectivity index (χ0) is 10.8. The normalized spacial score (nSPS) is 28.5. The van der Waals surface area contributed by atoms with Gasteiger partial charge in [-0.3, -0.25) is 0 Å². The summed E-state index contributed by atoms with van der Waals surface area (Å²) < 4.78 is 27.5. The molecule has 92 valence electrons. The molecule has 1 rings (SSSR count). The predicted molar refractivity (Wildman–Crippen MR) is 63.5 cm³/mol. The molecule has 1 fully saturated rings. The standard InChI is InChI=1S/C8H19N3O2S.ClH/c1-4-10-14(12,13)11-6-7(2)9-5-8(11)3;/h7-10H,4-6H2,1-3H3;1H. The Labute approximate surface area is 98.2 Å². The van der Waals surface area contributed by atoms with Crippen molar-refractivity contribution in [2.24, 2.45) is 0 Å². The summed E-state index contributed by atoms with van der Waals surface area (Å²) in [6, 6.07) is 0.245. The Bertz CT molecular complexity index is 284. The fourth-order valence-electron chi connectivity index (χ4n) is 1.59. The van der Waals surface area contributed by atoms with E-state index < -0.39 is 10.2 Å². The Morgan fingerprint density at radius 2 is 2.07 bits per heavy atom. The van der Waals surface area contributed by atoms with Crippen molar-refractivity contribution in [3.05, 3.63) is 0 Å². The van der Waals surface area contributed by atoms with Crippen LogP contribution < -0.4 is 10.0 Å². The predicted octanol–water partition coefficient (Wildman–Crippen LogP) is -0.0553. The van der Waals surface area contributed by atoms with Crippen molar-refractivity contribution in [2.75, 3.05) is 19.6 Å². The Kier molecular flexibility index (Phi) is 6.05. The van der Waals surface area contributed by atoms with Crippen molar-refractivity contribution in [1.82, 2.24) is 14.3 Å². The molecular weight excluding hydrogens is 238 g/mol. The maximum absolute atomic E-state index is 11.7. The summed E-state index contributed by atoms with van der Waals surface area (Å²) in [5.74, 6) is 0. The van der Waals surface area contributed by atoms with Gasteiger partial charge in [-0.25, -0.2) is 4.72 Å². The Balaban J connectivity index is 0.00000196. The summed E-state index contributed by atoms with van der Waals surface area (Å²) in [6.07, 6.45) is 0. The summed E-state index contributed by atoms with van der Waals surface area (Å²) in [6.45, 7) is 7.37. The number of rotatable bonds is 3. The molecule has 0 amide bonds. The summed E-state index contributed by atoms with van der Waals surface area (Å²) in [4.78, 5) is 0. The van der Waals surface area contributed by atoms with E-state index in [0.717, 1.165) is 0 Å². The van der Waals surface area contributed by atoms with E-state index in [1.165, 1.54) is 4.31 Å². The monoisotopic (exact) mass is 257 g/mol. The molecule has 0 aliphatic carbocycles. The van der Waals surface area contributed by atoms with Crippen LogP contribution in [0.2, 0.25) is 0 Å². The number of piperazine rings is 1. The van der Waals surface area contributed by atoms with Gasteiger partial charge in [-0.05, 0) is 13.8 Å². The highest BCUT2D eigenvalue weighted by molar-refractivity contribution is 7.87. The third-order valence-electron chi connectivity index (χ3n) is 2.34. The lowest BCUT2D eigenvalue weighted by molar-refractivity contribution is 0.242. The van der Waals surface area contributed by atoms with Crippen molar-refractivity contribution in [1.29, 1.82) is 0 Å². The first-order valence-corrected chi connectivity index (χ1v) is 6.41. The smallest absolute Gasteiger partial charge is 0.279 e. The van der Waals surface area contributed by atoms with Crippen LogP contribution in [0.25, 0.3) is 0 Å². The summed E-state index contributed by atoms with van der Waals surface area (Å²) in [7, 11) is -3.27. The van der Waals surface area contributed by atoms with E-state index in [0.29, 0.717) is 19.6 Å². The van der Waals surface area contributed by atoms with Gasteiger partial charge in [0.05, 0.1) is 0 Å². The molecule has 0 saturated carbocycles. The van der Waals surface area contributed by atoms with Gasteiger partial charge < -0.3 is 5.32 Å². The molecule has 0 radical (unpaired) electrons. The second-order valence-electron chi connectivity index (χ2n) is 3.73. The lowest BCUT2D eigenvalue weighted by Gasteiger charge is -2.36. The van der Waals surface area contributed by atoms with Gasteiger partial charge in [0.1, 0.15) is 0 Å². The molecule has 0 bridgehead atoms. The van der Waals surface area contributed by atoms with Crippen LogP contribution in [0.15, 0.2) is 0 Å². The summed E-state index contributed by atoms with van der Waals surface area (Å²) in [5, 5.41) is 3.24. The lowest BCUT2D eigenvalue weighted by Crippen LogP contribution is -2.58. The molecule has 1 saturated heterocycles. The van der Waals surface area contributed by atoms with Gasteiger partial charge in [0.2, 0.25) is 0 Å². The van der Waals surface area contributed by atoms with Crippen LogP contribution in [0.4, 0.5) is 0 Å². The summed E-state index contributed by atoms with van der Waals surface area (Å²) in [5.41, 5.74) is 0. The third-order valence-corrected chi connectivity index (χ3v) is 4.12. The Morgan fingerprint density at radius 3 is 2.60 bits per heavy atom. The highest BCUT2D eigenvalue weighted by atomic mass is 35.5. The minimum absolute atomic E-state index is 0. The number of hydrogen-bond donors (Lipinski definition) is 2. The van der Waals surface area contributed by atoms with Gasteiger partial charge in [0, 0.05) is 31.7 Å². The Hall–Kier alpha value is 0.120. The number of hydrogen-bond acceptors (Lipinski definition) is 3. The first-order chi connectivity index (χ1) is 6.47. The van der Waals surface area contributed by atoms with Crippen molar-refractivity contribution < 1.29 is 8.42 Å². The van der Waals surface area contributed by atoms with E-state index in [-0.39, 0.29) is 24.5 Å². The largest absolute Gasteiger partial charge is 0.311 e. The highest BCUT2D eigenvalue weighted by Gasteiger charge is 2.31. The maximum Gasteiger partial charge on any atom is 0.279 e. The van der Waals surface area contributed by atoms with Gasteiger partial charge in [0.15, 0.2) is 0 Å². The first kappa shape index (κ1) is 15.1. The van der Waals surface area contributed by atoms with Crippen molar-refractivity contribution in [3.8, 4) is 0 Å². The molecular formula is C8H20ClN3O2S. The van der Waals surface area contributed by atoms with Crippen LogP contribution >= 0.6 is 12.4 Å². The molecule has 2 atom stereocenters. The molecule has 7 heteroatoms. The van der Waals surface area contributed by atoms with E-state index in [1.807, 2.05) is 13.8 Å². The number of halogens is 1. The molecule has 1 aliphatic heterocycles. The van der Waals surface area contributed by atoms with E-state index >= 15 is 0 Å². The molecule has 1 aliphatic rings. The van der Waals surface area contributed by atoms with Gasteiger partial charge in [0.25, 0.3) is 10.2 Å². The SMILES string of the molecule is CCNS(=O)(=O)N1CC(C)NCC1C.Cl. The van der Waals surface area contributed by atoms with Gasteiger partial charge in [-0.15, -0.1) is 12.4 Å². The Morgan fingerprint density at radius 1 is 1.47 bits per heavy atom. The highest BCUT2D eigenvalue weighted by Crippen LogP contribution is 2.10. The lowest BCUT2D eigenvalue weighted by atomic mass is 10.2. The molecule has 1 heterocycles. The van der Waals surface area contributed by atoms with Crippen LogP contribution in [0.1, 0.15) is 20.8 Å². The molecule has 0 aromatic carbocycles. The van der Waals surface area contributed by atoms with Crippen molar-refractivity contribution in [2.45, 2.75) is 32.9 Å². The van der Waals surface area contributed by atoms with E-state index in [4.69, 9.17) is 0 Å². The van der Waals surface area contributed by atoms with Gasteiger partial charge in [-0.2, -0.15) is 12.7 Å². The van der Waals surface area contributed by atoms with Crippen LogP contribution in [-0.2, 0) is 10.2 Å². The van der Waals surface area contributed by atoms with E-state index in [1.54, 1.807) is 6.92 Å². The van der Waals surface area contributed by atoms with E-state index in [9.17, 15) is 8.42 Å². The zero-order valence-electron chi connectivity index (χ0n) is 9.36. The van der Waals surface area contributed by atoms with Crippen molar-refractivity contribution in [3.63, 3.8) is 0 Å². The van der Waals surface area contributed by atoms with Gasteiger partial charge in [-0.1, -0.05) is 6.92 Å². The fourth-order valence-corrected chi connectivity index (χ4v) is 3.09. The molecule has 5 nitrogen and oxygen atoms in total. The van der Waals surface area contributed by atoms with Crippen molar-refractivity contribution >= 4 is 22.6 Å².